The zero-order valence-electron chi connectivity index (χ0n) is 10.0. The Bertz CT molecular complexity index is 394. The standard InChI is InChI=1S/C12H17FN2O2/c1-15(2)7-3-6-14-12(17)10-5-4-9(13)8-11(10)16/h4-5,8,16H,3,6-7H2,1-2H3,(H,14,17). The monoisotopic (exact) mass is 240 g/mol. The summed E-state index contributed by atoms with van der Waals surface area (Å²) in [6.45, 7) is 1.39. The lowest BCUT2D eigenvalue weighted by molar-refractivity contribution is 0.0949. The molecule has 2 N–H and O–H groups in total. The highest BCUT2D eigenvalue weighted by molar-refractivity contribution is 5.96. The third kappa shape index (κ3) is 4.40. The van der Waals surface area contributed by atoms with E-state index in [1.165, 1.54) is 6.07 Å². The molecule has 0 heterocycles. The van der Waals surface area contributed by atoms with Crippen LogP contribution in [-0.4, -0.2) is 43.1 Å². The smallest absolute Gasteiger partial charge is 0.255 e. The fourth-order valence-electron chi connectivity index (χ4n) is 1.39. The predicted octanol–water partition coefficient (Wildman–Crippen LogP) is 1.21. The van der Waals surface area contributed by atoms with Crippen molar-refractivity contribution in [2.75, 3.05) is 27.2 Å². The van der Waals surface area contributed by atoms with Crippen LogP contribution in [0.2, 0.25) is 0 Å². The van der Waals surface area contributed by atoms with E-state index in [1.54, 1.807) is 0 Å². The van der Waals surface area contributed by atoms with Crippen LogP contribution in [0.15, 0.2) is 18.2 Å². The van der Waals surface area contributed by atoms with Gasteiger partial charge in [0, 0.05) is 12.6 Å². The third-order valence-electron chi connectivity index (χ3n) is 2.27. The molecular formula is C12H17FN2O2. The van der Waals surface area contributed by atoms with E-state index in [1.807, 2.05) is 19.0 Å². The van der Waals surface area contributed by atoms with Crippen LogP contribution in [0.4, 0.5) is 4.39 Å². The summed E-state index contributed by atoms with van der Waals surface area (Å²) in [6, 6.07) is 3.34. The SMILES string of the molecule is CN(C)CCCNC(=O)c1ccc(F)cc1O. The second-order valence-corrected chi connectivity index (χ2v) is 4.07. The van der Waals surface area contributed by atoms with Crippen molar-refractivity contribution in [2.45, 2.75) is 6.42 Å². The van der Waals surface area contributed by atoms with E-state index < -0.39 is 5.82 Å². The average Bonchev–Trinajstić information content (AvgIpc) is 2.23. The lowest BCUT2D eigenvalue weighted by atomic mass is 10.2. The number of amides is 1. The molecule has 0 atom stereocenters. The van der Waals surface area contributed by atoms with Crippen molar-refractivity contribution in [3.8, 4) is 5.75 Å². The van der Waals surface area contributed by atoms with Gasteiger partial charge in [0.15, 0.2) is 0 Å². The van der Waals surface area contributed by atoms with Gasteiger partial charge in [-0.3, -0.25) is 4.79 Å². The first kappa shape index (κ1) is 13.4. The van der Waals surface area contributed by atoms with Crippen molar-refractivity contribution in [3.05, 3.63) is 29.6 Å². The van der Waals surface area contributed by atoms with Crippen molar-refractivity contribution < 1.29 is 14.3 Å². The van der Waals surface area contributed by atoms with Crippen molar-refractivity contribution in [1.82, 2.24) is 10.2 Å². The van der Waals surface area contributed by atoms with Gasteiger partial charge in [-0.15, -0.1) is 0 Å². The maximum Gasteiger partial charge on any atom is 0.255 e. The van der Waals surface area contributed by atoms with Gasteiger partial charge >= 0.3 is 0 Å². The second-order valence-electron chi connectivity index (χ2n) is 4.07. The maximum absolute atomic E-state index is 12.7. The number of hydrogen-bond acceptors (Lipinski definition) is 3. The molecule has 1 amide bonds. The first-order chi connectivity index (χ1) is 8.00. The molecule has 0 saturated heterocycles. The first-order valence-electron chi connectivity index (χ1n) is 5.42. The summed E-state index contributed by atoms with van der Waals surface area (Å²) in [6.07, 6.45) is 0.820. The molecule has 4 nitrogen and oxygen atoms in total. The van der Waals surface area contributed by atoms with Crippen LogP contribution < -0.4 is 5.32 Å². The largest absolute Gasteiger partial charge is 0.507 e. The van der Waals surface area contributed by atoms with Gasteiger partial charge in [0.1, 0.15) is 11.6 Å². The molecule has 0 unspecified atom stereocenters. The summed E-state index contributed by atoms with van der Waals surface area (Å²) in [4.78, 5) is 13.6. The molecule has 94 valence electrons. The summed E-state index contributed by atoms with van der Waals surface area (Å²) in [5, 5.41) is 12.1. The topological polar surface area (TPSA) is 52.6 Å². The number of carbonyl (C=O) groups is 1. The molecule has 0 bridgehead atoms. The molecule has 0 aliphatic rings. The fraction of sp³-hybridized carbons (Fsp3) is 0.417. The van der Waals surface area contributed by atoms with E-state index >= 15 is 0 Å². The lowest BCUT2D eigenvalue weighted by Gasteiger charge is -2.10. The molecule has 0 radical (unpaired) electrons. The van der Waals surface area contributed by atoms with Crippen LogP contribution in [0.25, 0.3) is 0 Å². The minimum atomic E-state index is -0.563. The van der Waals surface area contributed by atoms with Crippen molar-refractivity contribution in [2.24, 2.45) is 0 Å². The minimum Gasteiger partial charge on any atom is -0.507 e. The zero-order chi connectivity index (χ0) is 12.8. The Labute approximate surface area is 100 Å². The average molecular weight is 240 g/mol. The highest BCUT2D eigenvalue weighted by Crippen LogP contribution is 2.17. The highest BCUT2D eigenvalue weighted by atomic mass is 19.1. The Hall–Kier alpha value is -1.62. The number of phenols is 1. The van der Waals surface area contributed by atoms with Crippen LogP contribution in [0.1, 0.15) is 16.8 Å². The van der Waals surface area contributed by atoms with Gasteiger partial charge in [-0.25, -0.2) is 4.39 Å². The number of hydrogen-bond donors (Lipinski definition) is 2. The Morgan fingerprint density at radius 1 is 1.47 bits per heavy atom. The van der Waals surface area contributed by atoms with E-state index in [-0.39, 0.29) is 17.2 Å². The third-order valence-corrected chi connectivity index (χ3v) is 2.27. The minimum absolute atomic E-state index is 0.0938. The molecule has 0 aliphatic heterocycles. The lowest BCUT2D eigenvalue weighted by Crippen LogP contribution is -2.27. The van der Waals surface area contributed by atoms with Gasteiger partial charge in [0.25, 0.3) is 5.91 Å². The van der Waals surface area contributed by atoms with Crippen molar-refractivity contribution in [1.29, 1.82) is 0 Å². The Balaban J connectivity index is 2.47. The molecule has 17 heavy (non-hydrogen) atoms. The normalized spacial score (nSPS) is 10.6. The van der Waals surface area contributed by atoms with Crippen molar-refractivity contribution >= 4 is 5.91 Å². The summed E-state index contributed by atoms with van der Waals surface area (Å²) >= 11 is 0. The summed E-state index contributed by atoms with van der Waals surface area (Å²) in [5.41, 5.74) is 0.0938. The van der Waals surface area contributed by atoms with E-state index in [4.69, 9.17) is 0 Å². The summed E-state index contributed by atoms with van der Waals surface area (Å²) < 4.78 is 12.7. The second kappa shape index (κ2) is 6.20. The van der Waals surface area contributed by atoms with Crippen LogP contribution in [0.3, 0.4) is 0 Å². The predicted molar refractivity (Wildman–Crippen MR) is 63.6 cm³/mol. The number of halogens is 1. The van der Waals surface area contributed by atoms with Gasteiger partial charge < -0.3 is 15.3 Å². The molecule has 0 fully saturated rings. The molecule has 0 saturated carbocycles. The molecule has 5 heteroatoms. The highest BCUT2D eigenvalue weighted by Gasteiger charge is 2.10. The van der Waals surface area contributed by atoms with E-state index in [0.717, 1.165) is 25.1 Å². The number of nitrogens with zero attached hydrogens (tertiary/aromatic N) is 1. The number of carbonyl (C=O) groups excluding carboxylic acids is 1. The van der Waals surface area contributed by atoms with Gasteiger partial charge in [-0.05, 0) is 39.2 Å². The first-order valence-corrected chi connectivity index (χ1v) is 5.42. The van der Waals surface area contributed by atoms with Gasteiger partial charge in [0.2, 0.25) is 0 Å². The Morgan fingerprint density at radius 3 is 2.76 bits per heavy atom. The molecule has 0 aliphatic carbocycles. The van der Waals surface area contributed by atoms with E-state index in [9.17, 15) is 14.3 Å². The van der Waals surface area contributed by atoms with Crippen molar-refractivity contribution in [3.63, 3.8) is 0 Å². The molecule has 0 spiro atoms. The number of rotatable bonds is 5. The van der Waals surface area contributed by atoms with Gasteiger partial charge in [-0.2, -0.15) is 0 Å². The number of nitrogens with one attached hydrogen (secondary N) is 1. The van der Waals surface area contributed by atoms with E-state index in [0.29, 0.717) is 6.54 Å². The van der Waals surface area contributed by atoms with Crippen LogP contribution in [0.5, 0.6) is 5.75 Å². The van der Waals surface area contributed by atoms with E-state index in [2.05, 4.69) is 5.32 Å². The maximum atomic E-state index is 12.7. The number of benzene rings is 1. The van der Waals surface area contributed by atoms with Gasteiger partial charge in [-0.1, -0.05) is 0 Å². The molecule has 1 aromatic carbocycles. The molecular weight excluding hydrogens is 223 g/mol. The number of aromatic hydroxyl groups is 1. The fourth-order valence-corrected chi connectivity index (χ4v) is 1.39. The van der Waals surface area contributed by atoms with Crippen LogP contribution in [0, 0.1) is 5.82 Å². The van der Waals surface area contributed by atoms with Gasteiger partial charge in [0.05, 0.1) is 5.56 Å². The quantitative estimate of drug-likeness (QED) is 0.761. The molecule has 1 aromatic rings. The summed E-state index contributed by atoms with van der Waals surface area (Å²) in [7, 11) is 3.90. The Morgan fingerprint density at radius 2 is 2.18 bits per heavy atom. The summed E-state index contributed by atoms with van der Waals surface area (Å²) in [5.74, 6) is -1.29. The Kier molecular flexibility index (Phi) is 4.90. The van der Waals surface area contributed by atoms with Crippen LogP contribution in [-0.2, 0) is 0 Å². The zero-order valence-corrected chi connectivity index (χ0v) is 10.0. The molecule has 0 aromatic heterocycles. The van der Waals surface area contributed by atoms with Crippen LogP contribution >= 0.6 is 0 Å². The molecule has 1 rings (SSSR count). The number of phenolic OH excluding ortho intramolecular Hbond substituents is 1.